The second kappa shape index (κ2) is 7.38. The predicted octanol–water partition coefficient (Wildman–Crippen LogP) is 4.66. The van der Waals surface area contributed by atoms with Crippen LogP contribution in [-0.4, -0.2) is 21.3 Å². The molecule has 1 heterocycles. The molecule has 0 aliphatic heterocycles. The quantitative estimate of drug-likeness (QED) is 0.707. The predicted molar refractivity (Wildman–Crippen MR) is 104 cm³/mol. The van der Waals surface area contributed by atoms with E-state index in [9.17, 15) is 9.90 Å². The Balaban J connectivity index is 2.27. The van der Waals surface area contributed by atoms with Gasteiger partial charge in [-0.05, 0) is 30.7 Å². The molecule has 0 radical (unpaired) electrons. The summed E-state index contributed by atoms with van der Waals surface area (Å²) in [7, 11) is 0. The first kappa shape index (κ1) is 18.3. The molecule has 6 heteroatoms. The van der Waals surface area contributed by atoms with Crippen LogP contribution in [0.25, 0.3) is 16.6 Å². The second-order valence-corrected chi connectivity index (χ2v) is 6.84. The van der Waals surface area contributed by atoms with E-state index in [1.807, 2.05) is 20.8 Å². The second-order valence-electron chi connectivity index (χ2n) is 6.43. The van der Waals surface area contributed by atoms with Gasteiger partial charge in [-0.3, -0.25) is 9.36 Å². The summed E-state index contributed by atoms with van der Waals surface area (Å²) in [6.07, 6.45) is 0.860. The highest BCUT2D eigenvalue weighted by Crippen LogP contribution is 2.29. The summed E-state index contributed by atoms with van der Waals surface area (Å²) in [5.41, 5.74) is 0.936. The maximum atomic E-state index is 13.1. The van der Waals surface area contributed by atoms with E-state index in [2.05, 4.69) is 4.98 Å². The summed E-state index contributed by atoms with van der Waals surface area (Å²) < 4.78 is 7.27. The van der Waals surface area contributed by atoms with E-state index in [0.29, 0.717) is 39.8 Å². The monoisotopic (exact) mass is 372 g/mol. The van der Waals surface area contributed by atoms with E-state index in [-0.39, 0.29) is 17.2 Å². The average molecular weight is 373 g/mol. The zero-order valence-electron chi connectivity index (χ0n) is 15.0. The van der Waals surface area contributed by atoms with Gasteiger partial charge in [-0.2, -0.15) is 0 Å². The number of ether oxygens (including phenoxy) is 1. The molecular formula is C20H21ClN2O3. The molecule has 3 aromatic rings. The molecule has 0 bridgehead atoms. The topological polar surface area (TPSA) is 64.3 Å². The first-order valence-corrected chi connectivity index (χ1v) is 8.98. The van der Waals surface area contributed by atoms with Crippen molar-refractivity contribution in [2.45, 2.75) is 33.1 Å². The number of aromatic hydroxyl groups is 1. The van der Waals surface area contributed by atoms with Crippen molar-refractivity contribution in [3.8, 4) is 17.2 Å². The first-order chi connectivity index (χ1) is 12.4. The number of hydrogen-bond acceptors (Lipinski definition) is 4. The Morgan fingerprint density at radius 1 is 1.23 bits per heavy atom. The minimum atomic E-state index is -0.192. The third-order valence-corrected chi connectivity index (χ3v) is 4.34. The van der Waals surface area contributed by atoms with Crippen LogP contribution >= 0.6 is 11.6 Å². The maximum absolute atomic E-state index is 13.1. The Hall–Kier alpha value is -2.53. The van der Waals surface area contributed by atoms with Crippen LogP contribution in [0.3, 0.4) is 0 Å². The van der Waals surface area contributed by atoms with Crippen LogP contribution in [0.2, 0.25) is 5.02 Å². The average Bonchev–Trinajstić information content (AvgIpc) is 2.60. The standard InChI is InChI=1S/C20H21ClN2O3/c1-4-9-26-18-10-13(5-8-16(18)21)23-19(12(2)3)22-17-11-14(24)6-7-15(17)20(23)25/h5-8,10-12,24H,4,9H2,1-3H3. The van der Waals surface area contributed by atoms with Crippen LogP contribution in [0, 0.1) is 0 Å². The van der Waals surface area contributed by atoms with Crippen molar-refractivity contribution < 1.29 is 9.84 Å². The molecule has 5 nitrogen and oxygen atoms in total. The lowest BCUT2D eigenvalue weighted by Gasteiger charge is -2.17. The lowest BCUT2D eigenvalue weighted by atomic mass is 10.1. The lowest BCUT2D eigenvalue weighted by molar-refractivity contribution is 0.317. The van der Waals surface area contributed by atoms with Crippen molar-refractivity contribution in [3.05, 3.63) is 57.6 Å². The zero-order valence-corrected chi connectivity index (χ0v) is 15.7. The summed E-state index contributed by atoms with van der Waals surface area (Å²) in [5.74, 6) is 1.24. The summed E-state index contributed by atoms with van der Waals surface area (Å²) in [5, 5.41) is 10.6. The van der Waals surface area contributed by atoms with Crippen molar-refractivity contribution in [1.82, 2.24) is 9.55 Å². The molecule has 0 unspecified atom stereocenters. The Kier molecular flexibility index (Phi) is 5.18. The normalized spacial score (nSPS) is 11.3. The van der Waals surface area contributed by atoms with Gasteiger partial charge < -0.3 is 9.84 Å². The number of nitrogens with zero attached hydrogens (tertiary/aromatic N) is 2. The number of benzene rings is 2. The number of rotatable bonds is 5. The van der Waals surface area contributed by atoms with Gasteiger partial charge in [0.1, 0.15) is 17.3 Å². The fourth-order valence-corrected chi connectivity index (χ4v) is 2.95. The summed E-state index contributed by atoms with van der Waals surface area (Å²) in [6.45, 7) is 6.50. The van der Waals surface area contributed by atoms with Crippen molar-refractivity contribution in [3.63, 3.8) is 0 Å². The molecule has 0 fully saturated rings. The van der Waals surface area contributed by atoms with Gasteiger partial charge in [-0.1, -0.05) is 32.4 Å². The Bertz CT molecular complexity index is 1010. The molecule has 2 aromatic carbocycles. The van der Waals surface area contributed by atoms with Crippen LogP contribution in [0.4, 0.5) is 0 Å². The Labute approximate surface area is 156 Å². The van der Waals surface area contributed by atoms with Crippen LogP contribution in [0.15, 0.2) is 41.2 Å². The van der Waals surface area contributed by atoms with E-state index >= 15 is 0 Å². The molecule has 136 valence electrons. The van der Waals surface area contributed by atoms with Crippen molar-refractivity contribution >= 4 is 22.5 Å². The Morgan fingerprint density at radius 3 is 2.69 bits per heavy atom. The Morgan fingerprint density at radius 2 is 2.00 bits per heavy atom. The molecule has 0 saturated heterocycles. The van der Waals surface area contributed by atoms with Gasteiger partial charge in [0.05, 0.1) is 28.2 Å². The minimum Gasteiger partial charge on any atom is -0.508 e. The van der Waals surface area contributed by atoms with Gasteiger partial charge >= 0.3 is 0 Å². The smallest absolute Gasteiger partial charge is 0.265 e. The van der Waals surface area contributed by atoms with Gasteiger partial charge in [-0.25, -0.2) is 4.98 Å². The van der Waals surface area contributed by atoms with Crippen molar-refractivity contribution in [2.24, 2.45) is 0 Å². The van der Waals surface area contributed by atoms with Gasteiger partial charge in [0, 0.05) is 18.1 Å². The fraction of sp³-hybridized carbons (Fsp3) is 0.300. The molecule has 1 N–H and O–H groups in total. The van der Waals surface area contributed by atoms with E-state index in [1.165, 1.54) is 12.1 Å². The molecule has 26 heavy (non-hydrogen) atoms. The number of aromatic nitrogens is 2. The third kappa shape index (κ3) is 3.40. The molecule has 0 atom stereocenters. The molecule has 1 aromatic heterocycles. The highest BCUT2D eigenvalue weighted by Gasteiger charge is 2.17. The maximum Gasteiger partial charge on any atom is 0.265 e. The highest BCUT2D eigenvalue weighted by atomic mass is 35.5. The SMILES string of the molecule is CCCOc1cc(-n2c(C(C)C)nc3cc(O)ccc3c2=O)ccc1Cl. The molecule has 3 rings (SSSR count). The van der Waals surface area contributed by atoms with Gasteiger partial charge in [0.15, 0.2) is 0 Å². The van der Waals surface area contributed by atoms with Crippen LogP contribution < -0.4 is 10.3 Å². The highest BCUT2D eigenvalue weighted by molar-refractivity contribution is 6.32. The summed E-state index contributed by atoms with van der Waals surface area (Å²) >= 11 is 6.22. The van der Waals surface area contributed by atoms with Crippen molar-refractivity contribution in [2.75, 3.05) is 6.61 Å². The number of phenols is 1. The molecular weight excluding hydrogens is 352 g/mol. The molecule has 0 aliphatic rings. The fourth-order valence-electron chi connectivity index (χ4n) is 2.78. The van der Waals surface area contributed by atoms with Crippen LogP contribution in [-0.2, 0) is 0 Å². The minimum absolute atomic E-state index is 0.00476. The number of hydrogen-bond donors (Lipinski definition) is 1. The number of halogens is 1. The van der Waals surface area contributed by atoms with Crippen molar-refractivity contribution in [1.29, 1.82) is 0 Å². The van der Waals surface area contributed by atoms with Crippen LogP contribution in [0.1, 0.15) is 38.9 Å². The van der Waals surface area contributed by atoms with Gasteiger partial charge in [-0.15, -0.1) is 0 Å². The third-order valence-electron chi connectivity index (χ3n) is 4.03. The van der Waals surface area contributed by atoms with Gasteiger partial charge in [0.2, 0.25) is 0 Å². The van der Waals surface area contributed by atoms with E-state index < -0.39 is 0 Å². The molecule has 0 saturated carbocycles. The van der Waals surface area contributed by atoms with E-state index in [4.69, 9.17) is 16.3 Å². The molecule has 0 spiro atoms. The van der Waals surface area contributed by atoms with E-state index in [0.717, 1.165) is 6.42 Å². The molecule has 0 amide bonds. The lowest BCUT2D eigenvalue weighted by Crippen LogP contribution is -2.24. The summed E-state index contributed by atoms with van der Waals surface area (Å²) in [4.78, 5) is 17.8. The molecule has 0 aliphatic carbocycles. The first-order valence-electron chi connectivity index (χ1n) is 8.60. The number of fused-ring (bicyclic) bond motifs is 1. The summed E-state index contributed by atoms with van der Waals surface area (Å²) in [6, 6.07) is 9.85. The van der Waals surface area contributed by atoms with Crippen LogP contribution in [0.5, 0.6) is 11.5 Å². The zero-order chi connectivity index (χ0) is 18.8. The number of phenolic OH excluding ortho intramolecular Hbond substituents is 1. The largest absolute Gasteiger partial charge is 0.508 e. The van der Waals surface area contributed by atoms with E-state index in [1.54, 1.807) is 28.8 Å². The van der Waals surface area contributed by atoms with Gasteiger partial charge in [0.25, 0.3) is 5.56 Å².